The predicted octanol–water partition coefficient (Wildman–Crippen LogP) is 4.01. The van der Waals surface area contributed by atoms with Gasteiger partial charge < -0.3 is 0 Å². The lowest BCUT2D eigenvalue weighted by molar-refractivity contribution is 0.868. The van der Waals surface area contributed by atoms with E-state index in [0.717, 1.165) is 5.02 Å². The average molecular weight is 227 g/mol. The number of benzene rings is 1. The molecule has 1 rings (SSSR count). The van der Waals surface area contributed by atoms with Crippen molar-refractivity contribution in [2.24, 2.45) is 0 Å². The van der Waals surface area contributed by atoms with E-state index in [2.05, 4.69) is 45.6 Å². The first-order valence-corrected chi connectivity index (χ1v) is 9.00. The second kappa shape index (κ2) is 4.07. The fourth-order valence-corrected chi connectivity index (χ4v) is 2.96. The summed E-state index contributed by atoms with van der Waals surface area (Å²) in [5.41, 5.74) is 1.28. The smallest absolute Gasteiger partial charge is 0.0776 e. The summed E-state index contributed by atoms with van der Waals surface area (Å²) in [5.74, 6) is 0.513. The Morgan fingerprint density at radius 3 is 2.14 bits per heavy atom. The van der Waals surface area contributed by atoms with Crippen LogP contribution in [0.25, 0.3) is 0 Å². The molecule has 0 unspecified atom stereocenters. The lowest BCUT2D eigenvalue weighted by atomic mass is 10.0. The second-order valence-electron chi connectivity index (χ2n) is 5.14. The average Bonchev–Trinajstić information content (AvgIpc) is 2.02. The fraction of sp³-hybridized carbons (Fsp3) is 0.500. The molecule has 1 aromatic rings. The van der Waals surface area contributed by atoms with Crippen molar-refractivity contribution < 1.29 is 0 Å². The van der Waals surface area contributed by atoms with Crippen LogP contribution in [0.2, 0.25) is 24.7 Å². The minimum Gasteiger partial charge on any atom is -0.0840 e. The summed E-state index contributed by atoms with van der Waals surface area (Å²) in [6.07, 6.45) is 0. The van der Waals surface area contributed by atoms with Gasteiger partial charge in [-0.25, -0.2) is 0 Å². The summed E-state index contributed by atoms with van der Waals surface area (Å²) >= 11 is 6.16. The van der Waals surface area contributed by atoms with Crippen molar-refractivity contribution in [3.05, 3.63) is 28.8 Å². The normalized spacial score (nSPS) is 12.2. The number of halogens is 1. The van der Waals surface area contributed by atoms with Crippen LogP contribution in [0.15, 0.2) is 18.2 Å². The predicted molar refractivity (Wildman–Crippen MR) is 68.5 cm³/mol. The molecule has 0 radical (unpaired) electrons. The molecule has 0 aliphatic carbocycles. The van der Waals surface area contributed by atoms with Crippen molar-refractivity contribution in [2.45, 2.75) is 39.4 Å². The standard InChI is InChI=1S/C12H19ClSi/c1-9(2)11-8-10(14(3,4)5)6-7-12(11)13/h6-9H,1-5H3. The minimum atomic E-state index is -1.19. The quantitative estimate of drug-likeness (QED) is 0.669. The van der Waals surface area contributed by atoms with Gasteiger partial charge in [-0.15, -0.1) is 0 Å². The zero-order valence-electron chi connectivity index (χ0n) is 9.69. The molecule has 1 aromatic carbocycles. The van der Waals surface area contributed by atoms with Crippen molar-refractivity contribution >= 4 is 24.9 Å². The second-order valence-corrected chi connectivity index (χ2v) is 10.6. The van der Waals surface area contributed by atoms with Crippen LogP contribution < -0.4 is 5.19 Å². The van der Waals surface area contributed by atoms with Gasteiger partial charge in [0.15, 0.2) is 0 Å². The van der Waals surface area contributed by atoms with E-state index in [1.807, 2.05) is 6.07 Å². The Kier molecular flexibility index (Phi) is 3.43. The summed E-state index contributed by atoms with van der Waals surface area (Å²) in [7, 11) is -1.19. The molecule has 0 heterocycles. The summed E-state index contributed by atoms with van der Waals surface area (Å²) in [5, 5.41) is 2.40. The summed E-state index contributed by atoms with van der Waals surface area (Å²) in [6, 6.07) is 6.52. The van der Waals surface area contributed by atoms with Crippen molar-refractivity contribution in [1.82, 2.24) is 0 Å². The highest BCUT2D eigenvalue weighted by molar-refractivity contribution is 6.88. The maximum Gasteiger partial charge on any atom is 0.0776 e. The lowest BCUT2D eigenvalue weighted by Crippen LogP contribution is -2.37. The van der Waals surface area contributed by atoms with Gasteiger partial charge in [0.2, 0.25) is 0 Å². The third kappa shape index (κ3) is 2.61. The fourth-order valence-electron chi connectivity index (χ4n) is 1.45. The third-order valence-electron chi connectivity index (χ3n) is 2.48. The molecule has 0 spiro atoms. The monoisotopic (exact) mass is 226 g/mol. The molecule has 78 valence electrons. The molecule has 0 aliphatic heterocycles. The topological polar surface area (TPSA) is 0 Å². The Morgan fingerprint density at radius 2 is 1.71 bits per heavy atom. The maximum absolute atomic E-state index is 6.16. The van der Waals surface area contributed by atoms with Crippen LogP contribution in [0.3, 0.4) is 0 Å². The molecule has 0 fully saturated rings. The van der Waals surface area contributed by atoms with E-state index in [1.54, 1.807) is 0 Å². The largest absolute Gasteiger partial charge is 0.0840 e. The lowest BCUT2D eigenvalue weighted by Gasteiger charge is -2.19. The summed E-state index contributed by atoms with van der Waals surface area (Å²) in [6.45, 7) is 11.5. The van der Waals surface area contributed by atoms with E-state index >= 15 is 0 Å². The van der Waals surface area contributed by atoms with Crippen LogP contribution >= 0.6 is 11.6 Å². The Balaban J connectivity index is 3.20. The van der Waals surface area contributed by atoms with Gasteiger partial charge >= 0.3 is 0 Å². The van der Waals surface area contributed by atoms with Crippen LogP contribution in [-0.2, 0) is 0 Å². The van der Waals surface area contributed by atoms with Gasteiger partial charge in [0, 0.05) is 5.02 Å². The first-order chi connectivity index (χ1) is 6.32. The van der Waals surface area contributed by atoms with Crippen LogP contribution in [-0.4, -0.2) is 8.07 Å². The Labute approximate surface area is 93.3 Å². The SMILES string of the molecule is CC(C)c1cc([Si](C)(C)C)ccc1Cl. The van der Waals surface area contributed by atoms with Gasteiger partial charge in [-0.05, 0) is 17.5 Å². The zero-order chi connectivity index (χ0) is 10.9. The molecule has 14 heavy (non-hydrogen) atoms. The Hall–Kier alpha value is -0.273. The van der Waals surface area contributed by atoms with E-state index in [1.165, 1.54) is 10.8 Å². The van der Waals surface area contributed by atoms with Crippen LogP contribution in [0.4, 0.5) is 0 Å². The highest BCUT2D eigenvalue weighted by atomic mass is 35.5. The van der Waals surface area contributed by atoms with Crippen molar-refractivity contribution in [1.29, 1.82) is 0 Å². The Morgan fingerprint density at radius 1 is 1.14 bits per heavy atom. The first-order valence-electron chi connectivity index (χ1n) is 5.12. The molecule has 0 aliphatic rings. The summed E-state index contributed by atoms with van der Waals surface area (Å²) < 4.78 is 0. The molecule has 0 bridgehead atoms. The van der Waals surface area contributed by atoms with Crippen LogP contribution in [0.1, 0.15) is 25.3 Å². The van der Waals surface area contributed by atoms with E-state index < -0.39 is 8.07 Å². The van der Waals surface area contributed by atoms with Crippen molar-refractivity contribution in [3.8, 4) is 0 Å². The van der Waals surface area contributed by atoms with E-state index in [-0.39, 0.29) is 0 Å². The number of hydrogen-bond acceptors (Lipinski definition) is 0. The highest BCUT2D eigenvalue weighted by Gasteiger charge is 2.18. The molecule has 0 nitrogen and oxygen atoms in total. The minimum absolute atomic E-state index is 0.513. The van der Waals surface area contributed by atoms with E-state index in [9.17, 15) is 0 Å². The van der Waals surface area contributed by atoms with Gasteiger partial charge in [-0.2, -0.15) is 0 Å². The molecule has 2 heteroatoms. The molecule has 0 atom stereocenters. The molecule has 0 saturated heterocycles. The number of hydrogen-bond donors (Lipinski definition) is 0. The summed E-state index contributed by atoms with van der Waals surface area (Å²) in [4.78, 5) is 0. The molecular weight excluding hydrogens is 208 g/mol. The van der Waals surface area contributed by atoms with E-state index in [0.29, 0.717) is 5.92 Å². The van der Waals surface area contributed by atoms with Gasteiger partial charge in [-0.3, -0.25) is 0 Å². The third-order valence-corrected chi connectivity index (χ3v) is 4.87. The molecule has 0 saturated carbocycles. The Bertz CT molecular complexity index is 324. The van der Waals surface area contributed by atoms with Gasteiger partial charge in [0.1, 0.15) is 0 Å². The molecular formula is C12H19ClSi. The zero-order valence-corrected chi connectivity index (χ0v) is 11.4. The van der Waals surface area contributed by atoms with Gasteiger partial charge in [0.25, 0.3) is 0 Å². The van der Waals surface area contributed by atoms with Crippen molar-refractivity contribution in [3.63, 3.8) is 0 Å². The molecule has 0 N–H and O–H groups in total. The molecule has 0 aromatic heterocycles. The first kappa shape index (κ1) is 11.8. The number of rotatable bonds is 2. The maximum atomic E-state index is 6.16. The van der Waals surface area contributed by atoms with Crippen molar-refractivity contribution in [2.75, 3.05) is 0 Å². The molecule has 0 amide bonds. The van der Waals surface area contributed by atoms with Gasteiger partial charge in [-0.1, -0.05) is 62.4 Å². The van der Waals surface area contributed by atoms with E-state index in [4.69, 9.17) is 11.6 Å². The van der Waals surface area contributed by atoms with Gasteiger partial charge in [0.05, 0.1) is 8.07 Å². The van der Waals surface area contributed by atoms with Crippen LogP contribution in [0, 0.1) is 0 Å². The van der Waals surface area contributed by atoms with Crippen LogP contribution in [0.5, 0.6) is 0 Å². The highest BCUT2D eigenvalue weighted by Crippen LogP contribution is 2.23.